The maximum Gasteiger partial charge on any atom is 0.272 e. The van der Waals surface area contributed by atoms with E-state index in [0.717, 1.165) is 63.1 Å². The van der Waals surface area contributed by atoms with Crippen LogP contribution in [0.3, 0.4) is 0 Å². The predicted octanol–water partition coefficient (Wildman–Crippen LogP) is 2.48. The SMILES string of the molecule is COc1ccc(-c2ccnc3cc(C(=O)N[C@H]4CC[C@H](C(=O)N5CCN(C)CC5)CC4)nn23)cc1OC. The zero-order valence-electron chi connectivity index (χ0n) is 21.6. The van der Waals surface area contributed by atoms with E-state index in [1.807, 2.05) is 29.2 Å². The number of aromatic nitrogens is 3. The van der Waals surface area contributed by atoms with Gasteiger partial charge in [0.25, 0.3) is 5.91 Å². The summed E-state index contributed by atoms with van der Waals surface area (Å²) in [5.41, 5.74) is 2.55. The molecule has 0 radical (unpaired) electrons. The number of ether oxygens (including phenoxy) is 2. The van der Waals surface area contributed by atoms with E-state index < -0.39 is 0 Å². The minimum absolute atomic E-state index is 0.0344. The van der Waals surface area contributed by atoms with Crippen LogP contribution in [0.4, 0.5) is 0 Å². The van der Waals surface area contributed by atoms with Gasteiger partial charge >= 0.3 is 0 Å². The van der Waals surface area contributed by atoms with Crippen molar-refractivity contribution in [3.8, 4) is 22.8 Å². The standard InChI is InChI=1S/C27H34N6O4/c1-31-12-14-32(15-13-31)27(35)18-4-7-20(8-5-18)29-26(34)21-17-25-28-11-10-22(33(25)30-21)19-6-9-23(36-2)24(16-19)37-3/h6,9-11,16-18,20H,4-5,7-8,12-15H2,1-3H3,(H,29,34)/t18-,20-. The molecule has 0 atom stereocenters. The number of hydrogen-bond donors (Lipinski definition) is 1. The number of carbonyl (C=O) groups is 2. The Bertz CT molecular complexity index is 1280. The van der Waals surface area contributed by atoms with Gasteiger partial charge in [0.1, 0.15) is 0 Å². The normalized spacial score (nSPS) is 20.6. The van der Waals surface area contributed by atoms with Crippen molar-refractivity contribution in [2.24, 2.45) is 5.92 Å². The summed E-state index contributed by atoms with van der Waals surface area (Å²) < 4.78 is 12.4. The second-order valence-corrected chi connectivity index (χ2v) is 9.85. The highest BCUT2D eigenvalue weighted by atomic mass is 16.5. The van der Waals surface area contributed by atoms with E-state index >= 15 is 0 Å². The van der Waals surface area contributed by atoms with Gasteiger partial charge in [-0.15, -0.1) is 0 Å². The molecule has 196 valence electrons. The van der Waals surface area contributed by atoms with Crippen LogP contribution in [-0.2, 0) is 4.79 Å². The molecule has 3 heterocycles. The smallest absolute Gasteiger partial charge is 0.272 e. The number of methoxy groups -OCH3 is 2. The number of fused-ring (bicyclic) bond motifs is 1. The van der Waals surface area contributed by atoms with Crippen LogP contribution >= 0.6 is 0 Å². The van der Waals surface area contributed by atoms with E-state index in [1.54, 1.807) is 31.0 Å². The van der Waals surface area contributed by atoms with Gasteiger partial charge in [-0.05, 0) is 57.0 Å². The third-order valence-electron chi connectivity index (χ3n) is 7.50. The summed E-state index contributed by atoms with van der Waals surface area (Å²) in [7, 11) is 5.28. The Morgan fingerprint density at radius 2 is 1.68 bits per heavy atom. The summed E-state index contributed by atoms with van der Waals surface area (Å²) in [5.74, 6) is 1.35. The molecule has 2 fully saturated rings. The van der Waals surface area contributed by atoms with E-state index in [2.05, 4.69) is 27.3 Å². The second-order valence-electron chi connectivity index (χ2n) is 9.85. The van der Waals surface area contributed by atoms with Gasteiger partial charge in [0.15, 0.2) is 22.8 Å². The van der Waals surface area contributed by atoms with Gasteiger partial charge in [-0.3, -0.25) is 9.59 Å². The minimum atomic E-state index is -0.224. The minimum Gasteiger partial charge on any atom is -0.493 e. The Balaban J connectivity index is 1.24. The first-order valence-electron chi connectivity index (χ1n) is 12.8. The first-order valence-corrected chi connectivity index (χ1v) is 12.8. The van der Waals surface area contributed by atoms with Crippen LogP contribution in [-0.4, -0.2) is 89.7 Å². The molecule has 1 saturated heterocycles. The molecule has 1 aliphatic heterocycles. The predicted molar refractivity (Wildman–Crippen MR) is 139 cm³/mol. The van der Waals surface area contributed by atoms with E-state index in [9.17, 15) is 9.59 Å². The number of piperazine rings is 1. The van der Waals surface area contributed by atoms with Crippen molar-refractivity contribution in [1.29, 1.82) is 0 Å². The molecular formula is C27H34N6O4. The summed E-state index contributed by atoms with van der Waals surface area (Å²) in [6, 6.07) is 9.20. The molecule has 2 amide bonds. The number of likely N-dealkylation sites (N-methyl/N-ethyl adjacent to an activating group) is 1. The average molecular weight is 507 g/mol. The Labute approximate surface area is 216 Å². The van der Waals surface area contributed by atoms with Gasteiger partial charge < -0.3 is 24.6 Å². The van der Waals surface area contributed by atoms with Crippen molar-refractivity contribution >= 4 is 17.5 Å². The molecule has 3 aromatic rings. The topological polar surface area (TPSA) is 101 Å². The number of hydrogen-bond acceptors (Lipinski definition) is 7. The molecule has 1 N–H and O–H groups in total. The van der Waals surface area contributed by atoms with Crippen molar-refractivity contribution in [2.75, 3.05) is 47.4 Å². The molecule has 5 rings (SSSR count). The van der Waals surface area contributed by atoms with Crippen LogP contribution in [0, 0.1) is 5.92 Å². The third kappa shape index (κ3) is 5.24. The molecule has 37 heavy (non-hydrogen) atoms. The first kappa shape index (κ1) is 25.0. The summed E-state index contributed by atoms with van der Waals surface area (Å²) >= 11 is 0. The summed E-state index contributed by atoms with van der Waals surface area (Å²) in [4.78, 5) is 34.6. The van der Waals surface area contributed by atoms with Crippen LogP contribution in [0.15, 0.2) is 36.5 Å². The lowest BCUT2D eigenvalue weighted by Gasteiger charge is -2.36. The monoisotopic (exact) mass is 506 g/mol. The molecule has 1 saturated carbocycles. The molecule has 1 aromatic carbocycles. The maximum absolute atomic E-state index is 13.1. The van der Waals surface area contributed by atoms with Crippen LogP contribution in [0.5, 0.6) is 11.5 Å². The fourth-order valence-corrected chi connectivity index (χ4v) is 5.25. The van der Waals surface area contributed by atoms with Crippen LogP contribution in [0.25, 0.3) is 16.9 Å². The average Bonchev–Trinajstić information content (AvgIpc) is 3.38. The Morgan fingerprint density at radius 1 is 0.946 bits per heavy atom. The molecule has 1 aliphatic carbocycles. The van der Waals surface area contributed by atoms with Gasteiger partial charge in [-0.1, -0.05) is 0 Å². The van der Waals surface area contributed by atoms with Gasteiger partial charge in [0, 0.05) is 56.0 Å². The summed E-state index contributed by atoms with van der Waals surface area (Å²) in [6.45, 7) is 3.47. The lowest BCUT2D eigenvalue weighted by molar-refractivity contribution is -0.138. The molecule has 2 aliphatic rings. The number of amides is 2. The fourth-order valence-electron chi connectivity index (χ4n) is 5.25. The molecule has 2 aromatic heterocycles. The van der Waals surface area contributed by atoms with E-state index in [4.69, 9.17) is 9.47 Å². The molecular weight excluding hydrogens is 472 g/mol. The van der Waals surface area contributed by atoms with Gasteiger partial charge in [0.2, 0.25) is 5.91 Å². The van der Waals surface area contributed by atoms with Crippen molar-refractivity contribution < 1.29 is 19.1 Å². The summed E-state index contributed by atoms with van der Waals surface area (Å²) in [6.07, 6.45) is 4.87. The summed E-state index contributed by atoms with van der Waals surface area (Å²) in [5, 5.41) is 7.69. The van der Waals surface area contributed by atoms with Crippen molar-refractivity contribution in [3.05, 3.63) is 42.2 Å². The number of benzene rings is 1. The quantitative estimate of drug-likeness (QED) is 0.548. The first-order chi connectivity index (χ1) is 18.0. The molecule has 0 spiro atoms. The second kappa shape index (κ2) is 10.8. The lowest BCUT2D eigenvalue weighted by atomic mass is 9.85. The van der Waals surface area contributed by atoms with Gasteiger partial charge in [-0.2, -0.15) is 5.10 Å². The maximum atomic E-state index is 13.1. The Morgan fingerprint density at radius 3 is 2.38 bits per heavy atom. The van der Waals surface area contributed by atoms with Crippen molar-refractivity contribution in [2.45, 2.75) is 31.7 Å². The molecule has 10 nitrogen and oxygen atoms in total. The fraction of sp³-hybridized carbons (Fsp3) is 0.481. The number of nitrogens with zero attached hydrogens (tertiary/aromatic N) is 5. The van der Waals surface area contributed by atoms with Crippen molar-refractivity contribution in [3.63, 3.8) is 0 Å². The Hall–Kier alpha value is -3.66. The third-order valence-corrected chi connectivity index (χ3v) is 7.50. The van der Waals surface area contributed by atoms with E-state index in [0.29, 0.717) is 22.8 Å². The van der Waals surface area contributed by atoms with Crippen LogP contribution in [0.1, 0.15) is 36.2 Å². The lowest BCUT2D eigenvalue weighted by Crippen LogP contribution is -2.50. The number of nitrogens with one attached hydrogen (secondary N) is 1. The van der Waals surface area contributed by atoms with Gasteiger partial charge in [-0.25, -0.2) is 9.50 Å². The number of carbonyl (C=O) groups excluding carboxylic acids is 2. The molecule has 0 bridgehead atoms. The zero-order valence-corrected chi connectivity index (χ0v) is 21.6. The Kier molecular flexibility index (Phi) is 7.27. The highest BCUT2D eigenvalue weighted by molar-refractivity contribution is 5.93. The van der Waals surface area contributed by atoms with E-state index in [-0.39, 0.29) is 23.8 Å². The largest absolute Gasteiger partial charge is 0.493 e. The zero-order chi connectivity index (χ0) is 25.9. The highest BCUT2D eigenvalue weighted by Crippen LogP contribution is 2.32. The highest BCUT2D eigenvalue weighted by Gasteiger charge is 2.31. The van der Waals surface area contributed by atoms with Crippen LogP contribution in [0.2, 0.25) is 0 Å². The van der Waals surface area contributed by atoms with Crippen molar-refractivity contribution in [1.82, 2.24) is 29.7 Å². The molecule has 10 heteroatoms. The van der Waals surface area contributed by atoms with E-state index in [1.165, 1.54) is 0 Å². The molecule has 0 unspecified atom stereocenters. The van der Waals surface area contributed by atoms with Gasteiger partial charge in [0.05, 0.1) is 19.9 Å². The van der Waals surface area contributed by atoms with Crippen LogP contribution < -0.4 is 14.8 Å². The number of rotatable bonds is 6.